The molecule has 0 unspecified atom stereocenters. The first-order chi connectivity index (χ1) is 17.2. The van der Waals surface area contributed by atoms with Crippen molar-refractivity contribution in [3.8, 4) is 0 Å². The molecule has 3 aromatic rings. The maximum atomic E-state index is 13.3. The Kier molecular flexibility index (Phi) is 8.38. The number of aryl methyl sites for hydroxylation is 1. The van der Waals surface area contributed by atoms with Crippen molar-refractivity contribution in [1.82, 2.24) is 14.5 Å². The number of ether oxygens (including phenoxy) is 1. The number of nitrogens with two attached hydrogens (primary N) is 1. The summed E-state index contributed by atoms with van der Waals surface area (Å²) in [4.78, 5) is 44.3. The number of fused-ring (bicyclic) bond motifs is 1. The van der Waals surface area contributed by atoms with Gasteiger partial charge in [0.2, 0.25) is 5.91 Å². The van der Waals surface area contributed by atoms with E-state index in [0.29, 0.717) is 41.9 Å². The van der Waals surface area contributed by atoms with Crippen LogP contribution in [0.15, 0.2) is 47.3 Å². The minimum Gasteiger partial charge on any atom is -0.466 e. The van der Waals surface area contributed by atoms with Crippen LogP contribution in [0, 0.1) is 5.41 Å². The zero-order chi connectivity index (χ0) is 26.0. The Bertz CT molecular complexity index is 1400. The molecule has 1 saturated carbocycles. The van der Waals surface area contributed by atoms with Gasteiger partial charge in [0.1, 0.15) is 11.5 Å². The molecule has 1 aromatic heterocycles. The second-order valence-electron chi connectivity index (χ2n) is 9.28. The van der Waals surface area contributed by atoms with E-state index < -0.39 is 5.41 Å². The smallest absolute Gasteiger partial charge is 0.307 e. The lowest BCUT2D eigenvalue weighted by atomic mass is 9.93. The molecule has 9 nitrogen and oxygen atoms in total. The van der Waals surface area contributed by atoms with Crippen LogP contribution in [-0.4, -0.2) is 52.4 Å². The standard InChI is InChI=1S/C27H31N5O4.ClH/c1-4-36-23(33)11-14-31(2)26(35)27(12-13-27)19-9-10-22-20(16-19)30-21(25(34)32(22)3)15-17-5-7-18(8-6-17)24(28)29;/h5-10,16H,4,11-15H2,1-3H3,(H3,28,29);1H. The molecule has 4 rings (SSSR count). The van der Waals surface area contributed by atoms with Crippen molar-refractivity contribution in [2.75, 3.05) is 20.2 Å². The topological polar surface area (TPSA) is 131 Å². The predicted molar refractivity (Wildman–Crippen MR) is 144 cm³/mol. The third kappa shape index (κ3) is 5.67. The van der Waals surface area contributed by atoms with Gasteiger partial charge in [0.25, 0.3) is 5.56 Å². The zero-order valence-electron chi connectivity index (χ0n) is 21.2. The number of likely N-dealkylation sites (N-methyl/N-ethyl adjacent to an activating group) is 1. The molecule has 1 amide bonds. The Balaban J connectivity index is 0.00000380. The van der Waals surface area contributed by atoms with Gasteiger partial charge in [-0.3, -0.25) is 19.8 Å². The van der Waals surface area contributed by atoms with Crippen LogP contribution in [0.25, 0.3) is 11.0 Å². The largest absolute Gasteiger partial charge is 0.466 e. The molecule has 0 saturated heterocycles. The summed E-state index contributed by atoms with van der Waals surface area (Å²) in [7, 11) is 3.43. The van der Waals surface area contributed by atoms with Crippen LogP contribution in [0.2, 0.25) is 0 Å². The Labute approximate surface area is 221 Å². The lowest BCUT2D eigenvalue weighted by Gasteiger charge is -2.24. The van der Waals surface area contributed by atoms with E-state index in [4.69, 9.17) is 15.9 Å². The Hall–Kier alpha value is -3.72. The van der Waals surface area contributed by atoms with E-state index >= 15 is 0 Å². The fraction of sp³-hybridized carbons (Fsp3) is 0.370. The van der Waals surface area contributed by atoms with Crippen LogP contribution in [0.5, 0.6) is 0 Å². The van der Waals surface area contributed by atoms with Gasteiger partial charge in [-0.15, -0.1) is 12.4 Å². The zero-order valence-corrected chi connectivity index (χ0v) is 22.1. The van der Waals surface area contributed by atoms with E-state index in [1.807, 2.05) is 30.3 Å². The molecule has 0 radical (unpaired) electrons. The van der Waals surface area contributed by atoms with Crippen LogP contribution < -0.4 is 11.3 Å². The SMILES string of the molecule is CCOC(=O)CCN(C)C(=O)C1(c2ccc3c(c2)nc(Cc2ccc(C(=N)N)cc2)c(=O)n3C)CC1.Cl. The normalized spacial score (nSPS) is 13.5. The molecule has 0 atom stereocenters. The third-order valence-corrected chi connectivity index (χ3v) is 6.80. The van der Waals surface area contributed by atoms with Crippen molar-refractivity contribution in [3.05, 3.63) is 75.2 Å². The molecule has 0 spiro atoms. The molecule has 0 aliphatic heterocycles. The summed E-state index contributed by atoms with van der Waals surface area (Å²) in [5, 5.41) is 7.54. The number of nitrogens with zero attached hydrogens (tertiary/aromatic N) is 3. The highest BCUT2D eigenvalue weighted by Crippen LogP contribution is 2.50. The van der Waals surface area contributed by atoms with E-state index in [1.165, 1.54) is 0 Å². The number of halogens is 1. The van der Waals surface area contributed by atoms with Gasteiger partial charge in [0.05, 0.1) is 29.5 Å². The van der Waals surface area contributed by atoms with Crippen molar-refractivity contribution >= 4 is 41.2 Å². The Morgan fingerprint density at radius 3 is 2.46 bits per heavy atom. The summed E-state index contributed by atoms with van der Waals surface area (Å²) in [5.74, 6) is -0.355. The number of nitrogen functional groups attached to an aromatic ring is 1. The van der Waals surface area contributed by atoms with Crippen LogP contribution in [0.1, 0.15) is 48.6 Å². The first-order valence-electron chi connectivity index (χ1n) is 12.0. The summed E-state index contributed by atoms with van der Waals surface area (Å²) in [6, 6.07) is 12.8. The van der Waals surface area contributed by atoms with Crippen LogP contribution in [-0.2, 0) is 33.2 Å². The van der Waals surface area contributed by atoms with Gasteiger partial charge in [-0.2, -0.15) is 0 Å². The number of esters is 1. The summed E-state index contributed by atoms with van der Waals surface area (Å²) in [5.41, 5.74) is 8.84. The number of carbonyl (C=O) groups excluding carboxylic acids is 2. The predicted octanol–water partition coefficient (Wildman–Crippen LogP) is 2.67. The highest BCUT2D eigenvalue weighted by molar-refractivity contribution is 5.95. The maximum absolute atomic E-state index is 13.3. The lowest BCUT2D eigenvalue weighted by molar-refractivity contribution is -0.144. The monoisotopic (exact) mass is 525 g/mol. The summed E-state index contributed by atoms with van der Waals surface area (Å²) in [6.07, 6.45) is 1.94. The van der Waals surface area contributed by atoms with Crippen molar-refractivity contribution < 1.29 is 14.3 Å². The molecular weight excluding hydrogens is 494 g/mol. The number of hydrogen-bond donors (Lipinski definition) is 2. The number of carbonyl (C=O) groups is 2. The molecule has 37 heavy (non-hydrogen) atoms. The van der Waals surface area contributed by atoms with Crippen molar-refractivity contribution in [2.24, 2.45) is 12.8 Å². The molecule has 10 heteroatoms. The van der Waals surface area contributed by atoms with Gasteiger partial charge in [-0.1, -0.05) is 30.3 Å². The summed E-state index contributed by atoms with van der Waals surface area (Å²) in [6.45, 7) is 2.37. The maximum Gasteiger partial charge on any atom is 0.307 e. The molecular formula is C27H32ClN5O4. The fourth-order valence-corrected chi connectivity index (χ4v) is 4.51. The molecule has 3 N–H and O–H groups in total. The Morgan fingerprint density at radius 1 is 1.19 bits per heavy atom. The fourth-order valence-electron chi connectivity index (χ4n) is 4.51. The lowest BCUT2D eigenvalue weighted by Crippen LogP contribution is -2.38. The van der Waals surface area contributed by atoms with Gasteiger partial charge < -0.3 is 19.9 Å². The molecule has 196 valence electrons. The average molecular weight is 526 g/mol. The molecule has 1 aliphatic carbocycles. The molecule has 1 aliphatic rings. The van der Waals surface area contributed by atoms with Crippen molar-refractivity contribution in [2.45, 2.75) is 38.0 Å². The Morgan fingerprint density at radius 2 is 1.86 bits per heavy atom. The van der Waals surface area contributed by atoms with Gasteiger partial charge in [-0.05, 0) is 43.0 Å². The first kappa shape index (κ1) is 27.9. The molecule has 2 aromatic carbocycles. The number of benzene rings is 2. The first-order valence-corrected chi connectivity index (χ1v) is 12.0. The van der Waals surface area contributed by atoms with E-state index in [2.05, 4.69) is 4.98 Å². The quantitative estimate of drug-likeness (QED) is 0.251. The summed E-state index contributed by atoms with van der Waals surface area (Å²) >= 11 is 0. The minimum atomic E-state index is -0.628. The van der Waals surface area contributed by atoms with Gasteiger partial charge in [0, 0.05) is 32.6 Å². The van der Waals surface area contributed by atoms with E-state index in [-0.39, 0.29) is 42.1 Å². The van der Waals surface area contributed by atoms with E-state index in [9.17, 15) is 14.4 Å². The van der Waals surface area contributed by atoms with E-state index in [1.54, 1.807) is 42.6 Å². The number of nitrogens with one attached hydrogen (secondary N) is 1. The molecule has 1 heterocycles. The summed E-state index contributed by atoms with van der Waals surface area (Å²) < 4.78 is 6.55. The second kappa shape index (κ2) is 11.1. The van der Waals surface area contributed by atoms with Crippen LogP contribution in [0.3, 0.4) is 0 Å². The average Bonchev–Trinajstić information content (AvgIpc) is 3.67. The third-order valence-electron chi connectivity index (χ3n) is 6.80. The van der Waals surface area contributed by atoms with Gasteiger partial charge in [0.15, 0.2) is 0 Å². The molecule has 0 bridgehead atoms. The van der Waals surface area contributed by atoms with Crippen molar-refractivity contribution in [3.63, 3.8) is 0 Å². The van der Waals surface area contributed by atoms with Gasteiger partial charge in [-0.25, -0.2) is 4.98 Å². The highest BCUT2D eigenvalue weighted by atomic mass is 35.5. The van der Waals surface area contributed by atoms with Crippen molar-refractivity contribution in [1.29, 1.82) is 5.41 Å². The second-order valence-corrected chi connectivity index (χ2v) is 9.28. The molecule has 1 fully saturated rings. The number of amidine groups is 1. The van der Waals surface area contributed by atoms with E-state index in [0.717, 1.165) is 24.0 Å². The van der Waals surface area contributed by atoms with Gasteiger partial charge >= 0.3 is 5.97 Å². The number of hydrogen-bond acceptors (Lipinski definition) is 6. The minimum absolute atomic E-state index is 0. The number of aromatic nitrogens is 2. The van der Waals surface area contributed by atoms with Crippen LogP contribution >= 0.6 is 12.4 Å². The van der Waals surface area contributed by atoms with Crippen LogP contribution in [0.4, 0.5) is 0 Å². The number of rotatable bonds is 9. The highest BCUT2D eigenvalue weighted by Gasteiger charge is 2.52. The number of amides is 1.